The maximum Gasteiger partial charge on any atom is 0.0274 e. The van der Waals surface area contributed by atoms with E-state index in [1.54, 1.807) is 0 Å². The summed E-state index contributed by atoms with van der Waals surface area (Å²) in [6.07, 6.45) is 8.42. The third-order valence-electron chi connectivity index (χ3n) is 3.28. The van der Waals surface area contributed by atoms with E-state index in [-0.39, 0.29) is 0 Å². The molecule has 0 saturated heterocycles. The zero-order chi connectivity index (χ0) is 10.1. The lowest BCUT2D eigenvalue weighted by molar-refractivity contribution is 0.562. The molecule has 0 spiro atoms. The highest BCUT2D eigenvalue weighted by Gasteiger charge is 2.21. The van der Waals surface area contributed by atoms with Crippen LogP contribution in [0.1, 0.15) is 49.8 Å². The second kappa shape index (κ2) is 3.77. The van der Waals surface area contributed by atoms with Crippen molar-refractivity contribution < 1.29 is 0 Å². The second-order valence-electron chi connectivity index (χ2n) is 4.60. The lowest BCUT2D eigenvalue weighted by Gasteiger charge is -2.20. The topological polar surface area (TPSA) is 30.9 Å². The molecule has 0 saturated carbocycles. The highest BCUT2D eigenvalue weighted by molar-refractivity contribution is 5.31. The normalized spacial score (nSPS) is 21.3. The third kappa shape index (κ3) is 1.59. The molecule has 0 radical (unpaired) electrons. The zero-order valence-corrected chi connectivity index (χ0v) is 9.16. The van der Waals surface area contributed by atoms with E-state index in [1.165, 1.54) is 30.4 Å². The van der Waals surface area contributed by atoms with Crippen LogP contribution in [-0.4, -0.2) is 11.1 Å². The summed E-state index contributed by atoms with van der Waals surface area (Å²) < 4.78 is 2.32. The maximum atomic E-state index is 5.79. The van der Waals surface area contributed by atoms with Crippen LogP contribution in [0.4, 0.5) is 0 Å². The van der Waals surface area contributed by atoms with Crippen molar-refractivity contribution in [2.45, 2.75) is 45.1 Å². The zero-order valence-electron chi connectivity index (χ0n) is 9.16. The van der Waals surface area contributed by atoms with E-state index in [4.69, 9.17) is 5.73 Å². The van der Waals surface area contributed by atoms with Crippen LogP contribution < -0.4 is 5.73 Å². The SMILES string of the molecule is CC(C)n1cc2c(c1)C(CN)CCC2. The van der Waals surface area contributed by atoms with Crippen molar-refractivity contribution in [2.24, 2.45) is 5.73 Å². The molecule has 0 bridgehead atoms. The van der Waals surface area contributed by atoms with Gasteiger partial charge in [0.2, 0.25) is 0 Å². The van der Waals surface area contributed by atoms with E-state index in [0.29, 0.717) is 12.0 Å². The smallest absolute Gasteiger partial charge is 0.0274 e. The molecule has 78 valence electrons. The van der Waals surface area contributed by atoms with Crippen LogP contribution in [0.3, 0.4) is 0 Å². The van der Waals surface area contributed by atoms with Gasteiger partial charge in [0.25, 0.3) is 0 Å². The summed E-state index contributed by atoms with van der Waals surface area (Å²) in [5.74, 6) is 0.610. The Bertz CT molecular complexity index is 312. The first-order valence-corrected chi connectivity index (χ1v) is 5.62. The summed E-state index contributed by atoms with van der Waals surface area (Å²) in [4.78, 5) is 0. The molecule has 0 fully saturated rings. The van der Waals surface area contributed by atoms with Gasteiger partial charge in [0, 0.05) is 18.4 Å². The van der Waals surface area contributed by atoms with Crippen molar-refractivity contribution in [1.82, 2.24) is 4.57 Å². The minimum atomic E-state index is 0.569. The summed E-state index contributed by atoms with van der Waals surface area (Å²) >= 11 is 0. The Morgan fingerprint density at radius 3 is 2.93 bits per heavy atom. The van der Waals surface area contributed by atoms with Gasteiger partial charge in [-0.1, -0.05) is 0 Å². The number of nitrogens with zero attached hydrogens (tertiary/aromatic N) is 1. The van der Waals surface area contributed by atoms with E-state index in [2.05, 4.69) is 30.8 Å². The third-order valence-corrected chi connectivity index (χ3v) is 3.28. The molecule has 1 aromatic heterocycles. The fraction of sp³-hybridized carbons (Fsp3) is 0.667. The number of hydrogen-bond acceptors (Lipinski definition) is 1. The molecular weight excluding hydrogens is 172 g/mol. The monoisotopic (exact) mass is 192 g/mol. The Hall–Kier alpha value is -0.760. The molecule has 2 heteroatoms. The fourth-order valence-electron chi connectivity index (χ4n) is 2.35. The van der Waals surface area contributed by atoms with Crippen LogP contribution >= 0.6 is 0 Å². The quantitative estimate of drug-likeness (QED) is 0.766. The number of rotatable bonds is 2. The average Bonchev–Trinajstić information content (AvgIpc) is 2.60. The van der Waals surface area contributed by atoms with Crippen LogP contribution in [0.15, 0.2) is 12.4 Å². The minimum Gasteiger partial charge on any atom is -0.351 e. The highest BCUT2D eigenvalue weighted by atomic mass is 15.0. The Balaban J connectivity index is 2.33. The van der Waals surface area contributed by atoms with Gasteiger partial charge in [-0.05, 0) is 56.7 Å². The van der Waals surface area contributed by atoms with Crippen molar-refractivity contribution in [2.75, 3.05) is 6.54 Å². The molecule has 0 aliphatic heterocycles. The van der Waals surface area contributed by atoms with Crippen LogP contribution in [0, 0.1) is 0 Å². The number of nitrogens with two attached hydrogens (primary N) is 1. The van der Waals surface area contributed by atoms with Gasteiger partial charge in [0.15, 0.2) is 0 Å². The maximum absolute atomic E-state index is 5.79. The van der Waals surface area contributed by atoms with Gasteiger partial charge in [-0.25, -0.2) is 0 Å². The molecule has 2 N–H and O–H groups in total. The number of aryl methyl sites for hydroxylation is 1. The van der Waals surface area contributed by atoms with E-state index in [9.17, 15) is 0 Å². The second-order valence-corrected chi connectivity index (χ2v) is 4.60. The van der Waals surface area contributed by atoms with Crippen LogP contribution in [0.2, 0.25) is 0 Å². The van der Waals surface area contributed by atoms with Gasteiger partial charge >= 0.3 is 0 Å². The summed E-state index contributed by atoms with van der Waals surface area (Å²) in [6.45, 7) is 5.25. The molecule has 1 aromatic rings. The van der Waals surface area contributed by atoms with Crippen molar-refractivity contribution in [3.8, 4) is 0 Å². The first-order chi connectivity index (χ1) is 6.72. The van der Waals surface area contributed by atoms with Crippen molar-refractivity contribution >= 4 is 0 Å². The molecular formula is C12H20N2. The molecule has 0 aromatic carbocycles. The van der Waals surface area contributed by atoms with Crippen LogP contribution in [0.5, 0.6) is 0 Å². The Morgan fingerprint density at radius 2 is 2.29 bits per heavy atom. The fourth-order valence-corrected chi connectivity index (χ4v) is 2.35. The summed E-state index contributed by atoms with van der Waals surface area (Å²) in [7, 11) is 0. The summed E-state index contributed by atoms with van der Waals surface area (Å²) in [6, 6.07) is 0.569. The predicted molar refractivity (Wildman–Crippen MR) is 59.6 cm³/mol. The number of fused-ring (bicyclic) bond motifs is 1. The number of aromatic nitrogens is 1. The predicted octanol–water partition coefficient (Wildman–Crippen LogP) is 2.45. The van der Waals surface area contributed by atoms with Gasteiger partial charge in [-0.15, -0.1) is 0 Å². The first-order valence-electron chi connectivity index (χ1n) is 5.62. The molecule has 2 rings (SSSR count). The molecule has 1 heterocycles. The van der Waals surface area contributed by atoms with Crippen molar-refractivity contribution in [3.05, 3.63) is 23.5 Å². The van der Waals surface area contributed by atoms with Crippen molar-refractivity contribution in [1.29, 1.82) is 0 Å². The van der Waals surface area contributed by atoms with Gasteiger partial charge < -0.3 is 10.3 Å². The summed E-state index contributed by atoms with van der Waals surface area (Å²) in [5.41, 5.74) is 8.83. The van der Waals surface area contributed by atoms with E-state index < -0.39 is 0 Å². The van der Waals surface area contributed by atoms with E-state index >= 15 is 0 Å². The molecule has 14 heavy (non-hydrogen) atoms. The van der Waals surface area contributed by atoms with Crippen LogP contribution in [0.25, 0.3) is 0 Å². The Labute approximate surface area is 86.1 Å². The summed E-state index contributed by atoms with van der Waals surface area (Å²) in [5, 5.41) is 0. The van der Waals surface area contributed by atoms with Crippen LogP contribution in [-0.2, 0) is 6.42 Å². The van der Waals surface area contributed by atoms with Gasteiger partial charge in [-0.2, -0.15) is 0 Å². The van der Waals surface area contributed by atoms with E-state index in [0.717, 1.165) is 6.54 Å². The molecule has 1 aliphatic carbocycles. The highest BCUT2D eigenvalue weighted by Crippen LogP contribution is 2.32. The van der Waals surface area contributed by atoms with Gasteiger partial charge in [0.05, 0.1) is 0 Å². The standard InChI is InChI=1S/C12H20N2/c1-9(2)14-7-11-5-3-4-10(6-13)12(11)8-14/h7-10H,3-6,13H2,1-2H3. The molecule has 0 amide bonds. The average molecular weight is 192 g/mol. The Morgan fingerprint density at radius 1 is 1.50 bits per heavy atom. The molecule has 1 aliphatic rings. The van der Waals surface area contributed by atoms with Gasteiger partial charge in [-0.3, -0.25) is 0 Å². The van der Waals surface area contributed by atoms with E-state index in [1.807, 2.05) is 0 Å². The van der Waals surface area contributed by atoms with Gasteiger partial charge in [0.1, 0.15) is 0 Å². The minimum absolute atomic E-state index is 0.569. The molecule has 2 nitrogen and oxygen atoms in total. The lowest BCUT2D eigenvalue weighted by Crippen LogP contribution is -2.16. The molecule has 1 unspecified atom stereocenters. The first kappa shape index (κ1) is 9.78. The molecule has 1 atom stereocenters. The number of hydrogen-bond donors (Lipinski definition) is 1. The lowest BCUT2D eigenvalue weighted by atomic mass is 9.86. The van der Waals surface area contributed by atoms with Crippen molar-refractivity contribution in [3.63, 3.8) is 0 Å². The Kier molecular flexibility index (Phi) is 2.64. The largest absolute Gasteiger partial charge is 0.351 e.